The van der Waals surface area contributed by atoms with Gasteiger partial charge in [-0.15, -0.1) is 0 Å². The van der Waals surface area contributed by atoms with Crippen molar-refractivity contribution in [3.05, 3.63) is 50.2 Å². The van der Waals surface area contributed by atoms with Gasteiger partial charge >= 0.3 is 5.97 Å². The zero-order chi connectivity index (χ0) is 17.9. The van der Waals surface area contributed by atoms with E-state index in [-0.39, 0.29) is 39.8 Å². The zero-order valence-corrected chi connectivity index (χ0v) is 15.3. The lowest BCUT2D eigenvalue weighted by atomic mass is 10.1. The second kappa shape index (κ2) is 7.92. The van der Waals surface area contributed by atoms with Gasteiger partial charge in [0.25, 0.3) is 0 Å². The Labute approximate surface area is 154 Å². The number of hydrogen-bond donors (Lipinski definition) is 1. The third-order valence-corrected chi connectivity index (χ3v) is 4.32. The van der Waals surface area contributed by atoms with Crippen molar-refractivity contribution >= 4 is 46.5 Å². The number of benzene rings is 1. The number of hydrogen-bond acceptors (Lipinski definition) is 5. The maximum atomic E-state index is 12.0. The molecule has 1 aromatic heterocycles. The summed E-state index contributed by atoms with van der Waals surface area (Å²) in [6.07, 6.45) is 0. The van der Waals surface area contributed by atoms with E-state index in [4.69, 9.17) is 50.0 Å². The van der Waals surface area contributed by atoms with Gasteiger partial charge in [-0.05, 0) is 31.0 Å². The molecule has 128 valence electrons. The van der Waals surface area contributed by atoms with E-state index in [1.54, 1.807) is 0 Å². The van der Waals surface area contributed by atoms with Crippen LogP contribution in [-0.2, 0) is 4.74 Å². The SMILES string of the molecule is Cc1ccc(C)c(OCCOC(=O)c2nc(Cl)c(Cl)c(N)c2Cl)c1. The fourth-order valence-corrected chi connectivity index (χ4v) is 2.47. The van der Waals surface area contributed by atoms with Crippen molar-refractivity contribution < 1.29 is 14.3 Å². The van der Waals surface area contributed by atoms with Crippen LogP contribution >= 0.6 is 34.8 Å². The maximum Gasteiger partial charge on any atom is 0.358 e. The normalized spacial score (nSPS) is 10.5. The molecule has 2 aromatic rings. The molecule has 1 aromatic carbocycles. The van der Waals surface area contributed by atoms with Gasteiger partial charge in [-0.3, -0.25) is 0 Å². The van der Waals surface area contributed by atoms with Crippen molar-refractivity contribution in [2.75, 3.05) is 18.9 Å². The number of esters is 1. The molecule has 0 aliphatic rings. The van der Waals surface area contributed by atoms with Gasteiger partial charge in [-0.1, -0.05) is 46.9 Å². The summed E-state index contributed by atoms with van der Waals surface area (Å²) in [5.41, 5.74) is 7.53. The third kappa shape index (κ3) is 4.23. The van der Waals surface area contributed by atoms with Crippen molar-refractivity contribution in [1.82, 2.24) is 4.98 Å². The van der Waals surface area contributed by atoms with Crippen LogP contribution in [0.5, 0.6) is 5.75 Å². The second-order valence-electron chi connectivity index (χ2n) is 5.05. The molecule has 0 aliphatic carbocycles. The van der Waals surface area contributed by atoms with E-state index in [9.17, 15) is 4.79 Å². The minimum Gasteiger partial charge on any atom is -0.490 e. The van der Waals surface area contributed by atoms with Gasteiger partial charge < -0.3 is 15.2 Å². The number of aromatic nitrogens is 1. The average Bonchev–Trinajstić information content (AvgIpc) is 2.55. The smallest absolute Gasteiger partial charge is 0.358 e. The fourth-order valence-electron chi connectivity index (χ4n) is 1.88. The highest BCUT2D eigenvalue weighted by Gasteiger charge is 2.20. The molecule has 0 amide bonds. The minimum absolute atomic E-state index is 0.00327. The Kier molecular flexibility index (Phi) is 6.15. The van der Waals surface area contributed by atoms with Crippen LogP contribution in [0, 0.1) is 13.8 Å². The predicted molar refractivity (Wildman–Crippen MR) is 95.4 cm³/mol. The molecule has 0 radical (unpaired) electrons. The Morgan fingerprint density at radius 1 is 1.17 bits per heavy atom. The first kappa shape index (κ1) is 18.6. The Morgan fingerprint density at radius 3 is 2.58 bits per heavy atom. The van der Waals surface area contributed by atoms with Crippen LogP contribution in [0.1, 0.15) is 21.6 Å². The topological polar surface area (TPSA) is 74.4 Å². The highest BCUT2D eigenvalue weighted by Crippen LogP contribution is 2.34. The lowest BCUT2D eigenvalue weighted by Gasteiger charge is -2.11. The van der Waals surface area contributed by atoms with Crippen molar-refractivity contribution in [1.29, 1.82) is 0 Å². The van der Waals surface area contributed by atoms with Gasteiger partial charge in [0.05, 0.1) is 10.7 Å². The standard InChI is InChI=1S/C16H15Cl3N2O3/c1-8-3-4-9(2)10(7-8)23-5-6-24-16(22)14-11(17)13(20)12(18)15(19)21-14/h3-4,7H,5-6H2,1-2H3,(H2,20,21). The number of halogens is 3. The first-order valence-corrected chi connectivity index (χ1v) is 8.11. The van der Waals surface area contributed by atoms with E-state index in [1.165, 1.54) is 0 Å². The Balaban J connectivity index is 1.96. The van der Waals surface area contributed by atoms with Crippen LogP contribution < -0.4 is 10.5 Å². The van der Waals surface area contributed by atoms with Crippen molar-refractivity contribution in [3.63, 3.8) is 0 Å². The molecule has 0 fully saturated rings. The number of aryl methyl sites for hydroxylation is 2. The van der Waals surface area contributed by atoms with E-state index < -0.39 is 5.97 Å². The molecule has 0 bridgehead atoms. The highest BCUT2D eigenvalue weighted by atomic mass is 35.5. The van der Waals surface area contributed by atoms with E-state index in [0.717, 1.165) is 16.9 Å². The monoisotopic (exact) mass is 388 g/mol. The van der Waals surface area contributed by atoms with E-state index in [1.807, 2.05) is 32.0 Å². The lowest BCUT2D eigenvalue weighted by molar-refractivity contribution is 0.0443. The van der Waals surface area contributed by atoms with E-state index in [2.05, 4.69) is 4.98 Å². The number of nitrogen functional groups attached to an aromatic ring is 1. The van der Waals surface area contributed by atoms with Crippen molar-refractivity contribution in [3.8, 4) is 5.75 Å². The molecule has 2 N–H and O–H groups in total. The van der Waals surface area contributed by atoms with Crippen LogP contribution in [0.2, 0.25) is 15.2 Å². The summed E-state index contributed by atoms with van der Waals surface area (Å²) in [4.78, 5) is 15.8. The molecule has 8 heteroatoms. The minimum atomic E-state index is -0.755. The Bertz CT molecular complexity index is 782. The number of carbonyl (C=O) groups excluding carboxylic acids is 1. The largest absolute Gasteiger partial charge is 0.490 e. The summed E-state index contributed by atoms with van der Waals surface area (Å²) in [6.45, 7) is 4.10. The van der Waals surface area contributed by atoms with Crippen LogP contribution in [0.15, 0.2) is 18.2 Å². The van der Waals surface area contributed by atoms with Crippen LogP contribution in [0.4, 0.5) is 5.69 Å². The van der Waals surface area contributed by atoms with Crippen LogP contribution in [-0.4, -0.2) is 24.2 Å². The van der Waals surface area contributed by atoms with Gasteiger partial charge in [-0.25, -0.2) is 9.78 Å². The summed E-state index contributed by atoms with van der Waals surface area (Å²) < 4.78 is 10.7. The number of nitrogens with zero attached hydrogens (tertiary/aromatic N) is 1. The molecule has 5 nitrogen and oxygen atoms in total. The maximum absolute atomic E-state index is 12.0. The van der Waals surface area contributed by atoms with Crippen LogP contribution in [0.25, 0.3) is 0 Å². The molecule has 0 aliphatic heterocycles. The molecule has 24 heavy (non-hydrogen) atoms. The average molecular weight is 390 g/mol. The summed E-state index contributed by atoms with van der Waals surface area (Å²) in [6, 6.07) is 5.86. The summed E-state index contributed by atoms with van der Waals surface area (Å²) in [7, 11) is 0. The summed E-state index contributed by atoms with van der Waals surface area (Å²) >= 11 is 17.5. The first-order chi connectivity index (χ1) is 11.3. The molecule has 0 saturated carbocycles. The van der Waals surface area contributed by atoms with Crippen molar-refractivity contribution in [2.24, 2.45) is 0 Å². The van der Waals surface area contributed by atoms with Gasteiger partial charge in [0.15, 0.2) is 10.8 Å². The van der Waals surface area contributed by atoms with Crippen molar-refractivity contribution in [2.45, 2.75) is 13.8 Å². The number of ether oxygens (including phenoxy) is 2. The molecule has 0 saturated heterocycles. The Hall–Kier alpha value is -1.69. The van der Waals surface area contributed by atoms with Crippen LogP contribution in [0.3, 0.4) is 0 Å². The third-order valence-electron chi connectivity index (χ3n) is 3.18. The Morgan fingerprint density at radius 2 is 1.88 bits per heavy atom. The highest BCUT2D eigenvalue weighted by molar-refractivity contribution is 6.46. The second-order valence-corrected chi connectivity index (χ2v) is 6.16. The molecular formula is C16H15Cl3N2O3. The lowest BCUT2D eigenvalue weighted by Crippen LogP contribution is -2.15. The summed E-state index contributed by atoms with van der Waals surface area (Å²) in [5, 5.41) is -0.210. The first-order valence-electron chi connectivity index (χ1n) is 6.98. The molecule has 0 spiro atoms. The molecule has 2 rings (SSSR count). The number of pyridine rings is 1. The number of nitrogens with two attached hydrogens (primary N) is 1. The summed E-state index contributed by atoms with van der Waals surface area (Å²) in [5.74, 6) is -0.0178. The number of rotatable bonds is 5. The van der Waals surface area contributed by atoms with E-state index in [0.29, 0.717) is 0 Å². The zero-order valence-electron chi connectivity index (χ0n) is 13.0. The van der Waals surface area contributed by atoms with Gasteiger partial charge in [0.2, 0.25) is 0 Å². The molecule has 0 unspecified atom stereocenters. The molecular weight excluding hydrogens is 375 g/mol. The number of carbonyl (C=O) groups is 1. The molecule has 0 atom stereocenters. The quantitative estimate of drug-likeness (QED) is 0.464. The van der Waals surface area contributed by atoms with E-state index >= 15 is 0 Å². The van der Waals surface area contributed by atoms with Gasteiger partial charge in [0, 0.05) is 0 Å². The van der Waals surface area contributed by atoms with Gasteiger partial charge in [0.1, 0.15) is 24.0 Å². The fraction of sp³-hybridized carbons (Fsp3) is 0.250. The molecule has 1 heterocycles. The predicted octanol–water partition coefficient (Wildman–Crippen LogP) is 4.48. The van der Waals surface area contributed by atoms with Gasteiger partial charge in [-0.2, -0.15) is 0 Å². The number of anilines is 1.